The molecule has 5 heteroatoms. The lowest BCUT2D eigenvalue weighted by Crippen LogP contribution is -2.21. The van der Waals surface area contributed by atoms with Gasteiger partial charge >= 0.3 is 0 Å². The third-order valence-corrected chi connectivity index (χ3v) is 5.95. The molecule has 0 amide bonds. The lowest BCUT2D eigenvalue weighted by molar-refractivity contribution is 0.0980. The zero-order chi connectivity index (χ0) is 22.7. The molecule has 2 aliphatic rings. The molecule has 1 atom stereocenters. The Labute approximate surface area is 188 Å². The molecule has 32 heavy (non-hydrogen) atoms. The van der Waals surface area contributed by atoms with E-state index in [1.54, 1.807) is 21.3 Å². The van der Waals surface area contributed by atoms with Crippen molar-refractivity contribution in [1.82, 2.24) is 0 Å². The summed E-state index contributed by atoms with van der Waals surface area (Å²) >= 11 is 0. The molecule has 0 radical (unpaired) electrons. The summed E-state index contributed by atoms with van der Waals surface area (Å²) in [4.78, 5) is 0. The first kappa shape index (κ1) is 21.9. The molecule has 0 spiro atoms. The number of hydrogen-bond donors (Lipinski definition) is 1. The number of ether oxygens (including phenoxy) is 4. The third-order valence-electron chi connectivity index (χ3n) is 5.95. The minimum atomic E-state index is -0.181. The van der Waals surface area contributed by atoms with Crippen LogP contribution in [0.15, 0.2) is 77.6 Å². The summed E-state index contributed by atoms with van der Waals surface area (Å²) in [7, 11) is 4.94. The summed E-state index contributed by atoms with van der Waals surface area (Å²) < 4.78 is 22.7. The van der Waals surface area contributed by atoms with Crippen LogP contribution in [0.2, 0.25) is 0 Å². The fraction of sp³-hybridized carbons (Fsp3) is 0.259. The van der Waals surface area contributed by atoms with E-state index in [-0.39, 0.29) is 12.7 Å². The molecule has 2 aromatic rings. The van der Waals surface area contributed by atoms with Gasteiger partial charge in [0.2, 0.25) is 0 Å². The number of aliphatic hydroxyl groups excluding tert-OH is 1. The first-order chi connectivity index (χ1) is 15.6. The Hall–Kier alpha value is -3.28. The highest BCUT2D eigenvalue weighted by molar-refractivity contribution is 6.01. The van der Waals surface area contributed by atoms with Crippen LogP contribution in [-0.4, -0.2) is 39.1 Å². The van der Waals surface area contributed by atoms with Crippen LogP contribution in [0.4, 0.5) is 0 Å². The zero-order valence-electron chi connectivity index (χ0n) is 18.8. The van der Waals surface area contributed by atoms with Crippen molar-refractivity contribution in [3.8, 4) is 17.2 Å². The van der Waals surface area contributed by atoms with E-state index in [0.29, 0.717) is 17.9 Å². The summed E-state index contributed by atoms with van der Waals surface area (Å²) in [6.07, 6.45) is 6.69. The molecular weight excluding hydrogens is 404 g/mol. The number of benzene rings is 2. The minimum Gasteiger partial charge on any atom is -0.493 e. The van der Waals surface area contributed by atoms with E-state index in [1.807, 2.05) is 55.5 Å². The molecule has 1 N–H and O–H groups in total. The van der Waals surface area contributed by atoms with Crippen molar-refractivity contribution in [2.75, 3.05) is 27.9 Å². The summed E-state index contributed by atoms with van der Waals surface area (Å²) in [5.74, 6) is 2.87. The highest BCUT2D eigenvalue weighted by atomic mass is 16.5. The lowest BCUT2D eigenvalue weighted by atomic mass is 9.95. The van der Waals surface area contributed by atoms with Gasteiger partial charge in [-0.05, 0) is 70.7 Å². The second kappa shape index (κ2) is 9.47. The molecule has 5 nitrogen and oxygen atoms in total. The maximum atomic E-state index is 10.0. The standard InChI is InChI=1S/C27H28O5/c1-17-20(21-14-26(30-3)27(31-4)15-22(21)23(17)16-28)12-18-10-11-24(25(13-18)29-2)32-19-8-6-5-7-9-19/h5-12,14-15,25,28H,13,16H2,1-4H3/b20-12-. The molecule has 0 aliphatic heterocycles. The van der Waals surface area contributed by atoms with Crippen molar-refractivity contribution in [3.05, 3.63) is 88.7 Å². The molecule has 0 saturated carbocycles. The van der Waals surface area contributed by atoms with E-state index in [2.05, 4.69) is 12.2 Å². The molecule has 0 saturated heterocycles. The van der Waals surface area contributed by atoms with Gasteiger partial charge in [-0.25, -0.2) is 0 Å². The molecule has 2 aromatic carbocycles. The zero-order valence-corrected chi connectivity index (χ0v) is 18.8. The second-order valence-corrected chi connectivity index (χ2v) is 7.73. The number of para-hydroxylation sites is 1. The van der Waals surface area contributed by atoms with Crippen LogP contribution in [0.5, 0.6) is 17.2 Å². The number of rotatable bonds is 7. The molecule has 0 aromatic heterocycles. The Kier molecular flexibility index (Phi) is 6.49. The lowest BCUT2D eigenvalue weighted by Gasteiger charge is -2.23. The van der Waals surface area contributed by atoms with Crippen LogP contribution in [0.25, 0.3) is 11.1 Å². The van der Waals surface area contributed by atoms with E-state index in [4.69, 9.17) is 18.9 Å². The Bertz CT molecular complexity index is 1120. The number of aliphatic hydroxyl groups is 1. The van der Waals surface area contributed by atoms with E-state index in [0.717, 1.165) is 44.9 Å². The van der Waals surface area contributed by atoms with Crippen LogP contribution in [0.1, 0.15) is 24.5 Å². The van der Waals surface area contributed by atoms with Gasteiger partial charge in [-0.3, -0.25) is 0 Å². The maximum absolute atomic E-state index is 10.0. The topological polar surface area (TPSA) is 57.2 Å². The van der Waals surface area contributed by atoms with Gasteiger partial charge in [-0.1, -0.05) is 30.4 Å². The van der Waals surface area contributed by atoms with E-state index >= 15 is 0 Å². The second-order valence-electron chi connectivity index (χ2n) is 7.73. The Morgan fingerprint density at radius 3 is 2.28 bits per heavy atom. The quantitative estimate of drug-likeness (QED) is 0.654. The molecule has 2 aliphatic carbocycles. The molecule has 0 heterocycles. The monoisotopic (exact) mass is 432 g/mol. The van der Waals surface area contributed by atoms with Crippen molar-refractivity contribution in [1.29, 1.82) is 0 Å². The van der Waals surface area contributed by atoms with Gasteiger partial charge in [-0.2, -0.15) is 0 Å². The number of methoxy groups -OCH3 is 3. The Morgan fingerprint density at radius 2 is 1.66 bits per heavy atom. The van der Waals surface area contributed by atoms with Gasteiger partial charge in [0.15, 0.2) is 11.5 Å². The predicted octanol–water partition coefficient (Wildman–Crippen LogP) is 5.17. The molecule has 166 valence electrons. The summed E-state index contributed by atoms with van der Waals surface area (Å²) in [5.41, 5.74) is 6.11. The van der Waals surface area contributed by atoms with Gasteiger partial charge in [-0.15, -0.1) is 0 Å². The van der Waals surface area contributed by atoms with Crippen LogP contribution in [0.3, 0.4) is 0 Å². The first-order valence-corrected chi connectivity index (χ1v) is 10.6. The van der Waals surface area contributed by atoms with Crippen molar-refractivity contribution in [2.45, 2.75) is 19.4 Å². The fourth-order valence-corrected chi connectivity index (χ4v) is 4.20. The molecular formula is C27H28O5. The maximum Gasteiger partial charge on any atom is 0.161 e. The van der Waals surface area contributed by atoms with Crippen molar-refractivity contribution in [2.24, 2.45) is 0 Å². The predicted molar refractivity (Wildman–Crippen MR) is 126 cm³/mol. The van der Waals surface area contributed by atoms with Crippen LogP contribution >= 0.6 is 0 Å². The van der Waals surface area contributed by atoms with Gasteiger partial charge in [0.1, 0.15) is 17.6 Å². The Morgan fingerprint density at radius 1 is 0.969 bits per heavy atom. The van der Waals surface area contributed by atoms with Gasteiger partial charge in [0.05, 0.1) is 20.8 Å². The Balaban J connectivity index is 1.71. The largest absolute Gasteiger partial charge is 0.493 e. The summed E-state index contributed by atoms with van der Waals surface area (Å²) in [6, 6.07) is 13.6. The van der Waals surface area contributed by atoms with Crippen LogP contribution in [0, 0.1) is 0 Å². The average molecular weight is 433 g/mol. The van der Waals surface area contributed by atoms with Gasteiger partial charge < -0.3 is 24.1 Å². The van der Waals surface area contributed by atoms with E-state index < -0.39 is 0 Å². The molecule has 4 rings (SSSR count). The summed E-state index contributed by atoms with van der Waals surface area (Å²) in [6.45, 7) is 1.99. The third kappa shape index (κ3) is 4.09. The highest BCUT2D eigenvalue weighted by Gasteiger charge is 2.27. The average Bonchev–Trinajstić information content (AvgIpc) is 3.09. The van der Waals surface area contributed by atoms with Crippen LogP contribution < -0.4 is 14.2 Å². The van der Waals surface area contributed by atoms with Gasteiger partial charge in [0, 0.05) is 13.5 Å². The highest BCUT2D eigenvalue weighted by Crippen LogP contribution is 2.46. The summed E-state index contributed by atoms with van der Waals surface area (Å²) in [5, 5.41) is 10.0. The number of fused-ring (bicyclic) bond motifs is 1. The molecule has 0 bridgehead atoms. The molecule has 0 fully saturated rings. The SMILES string of the molecule is COc1cc2c(cc1OC)/C(=C\C1=CC=C(Oc3ccccc3)C(OC)C1)C(C)=C2CO. The van der Waals surface area contributed by atoms with E-state index in [9.17, 15) is 5.11 Å². The smallest absolute Gasteiger partial charge is 0.161 e. The molecule has 1 unspecified atom stereocenters. The first-order valence-electron chi connectivity index (χ1n) is 10.6. The van der Waals surface area contributed by atoms with E-state index in [1.165, 1.54) is 0 Å². The number of hydrogen-bond acceptors (Lipinski definition) is 5. The number of allylic oxidation sites excluding steroid dienone is 5. The van der Waals surface area contributed by atoms with Crippen molar-refractivity contribution >= 4 is 11.1 Å². The van der Waals surface area contributed by atoms with Crippen molar-refractivity contribution < 1.29 is 24.1 Å². The normalized spacial score (nSPS) is 18.9. The van der Waals surface area contributed by atoms with Gasteiger partial charge in [0.25, 0.3) is 0 Å². The minimum absolute atomic E-state index is 0.0413. The van der Waals surface area contributed by atoms with Crippen LogP contribution in [-0.2, 0) is 4.74 Å². The van der Waals surface area contributed by atoms with Crippen molar-refractivity contribution in [3.63, 3.8) is 0 Å². The fourth-order valence-electron chi connectivity index (χ4n) is 4.20.